The molecule has 1 N–H and O–H groups in total. The Hall–Kier alpha value is -0.920. The van der Waals surface area contributed by atoms with Gasteiger partial charge in [0.25, 0.3) is 0 Å². The van der Waals surface area contributed by atoms with Gasteiger partial charge in [0.2, 0.25) is 10.0 Å². The van der Waals surface area contributed by atoms with Gasteiger partial charge in [-0.25, -0.2) is 13.1 Å². The van der Waals surface area contributed by atoms with Crippen LogP contribution in [0.4, 0.5) is 0 Å². The van der Waals surface area contributed by atoms with Gasteiger partial charge in [-0.15, -0.1) is 0 Å². The average Bonchev–Trinajstić information content (AvgIpc) is 2.59. The topological polar surface area (TPSA) is 75.4 Å². The molecule has 0 radical (unpaired) electrons. The maximum Gasteiger partial charge on any atom is 0.208 e. The molecule has 6 nitrogen and oxygen atoms in total. The lowest BCUT2D eigenvalue weighted by atomic mass is 10.1. The number of hydrogen-bond donors (Lipinski definition) is 1. The number of piperidine rings is 1. The van der Waals surface area contributed by atoms with E-state index in [-0.39, 0.29) is 6.04 Å². The minimum absolute atomic E-state index is 0.00391. The van der Waals surface area contributed by atoms with E-state index in [1.54, 1.807) is 0 Å². The zero-order chi connectivity index (χ0) is 14.0. The molecule has 1 unspecified atom stereocenters. The van der Waals surface area contributed by atoms with Gasteiger partial charge >= 0.3 is 0 Å². The molecule has 2 heterocycles. The van der Waals surface area contributed by atoms with Gasteiger partial charge in [-0.1, -0.05) is 5.16 Å². The Morgan fingerprint density at radius 3 is 2.79 bits per heavy atom. The molecule has 1 fully saturated rings. The van der Waals surface area contributed by atoms with Crippen LogP contribution >= 0.6 is 0 Å². The van der Waals surface area contributed by atoms with E-state index in [4.69, 9.17) is 4.52 Å². The normalized spacial score (nSPS) is 21.7. The number of nitrogens with zero attached hydrogens (tertiary/aromatic N) is 2. The van der Waals surface area contributed by atoms with Crippen LogP contribution in [0.25, 0.3) is 0 Å². The summed E-state index contributed by atoms with van der Waals surface area (Å²) in [6.45, 7) is 6.32. The predicted molar refractivity (Wildman–Crippen MR) is 72.3 cm³/mol. The fraction of sp³-hybridized carbons (Fsp3) is 0.750. The SMILES string of the molecule is Cc1noc(C)c1CN1CCCC(NS(C)(=O)=O)C1. The van der Waals surface area contributed by atoms with E-state index in [9.17, 15) is 8.42 Å². The number of hydrogen-bond acceptors (Lipinski definition) is 5. The highest BCUT2D eigenvalue weighted by atomic mass is 32.2. The average molecular weight is 287 g/mol. The van der Waals surface area contributed by atoms with Gasteiger partial charge < -0.3 is 4.52 Å². The fourth-order valence-corrected chi connectivity index (χ4v) is 3.35. The van der Waals surface area contributed by atoms with E-state index in [1.165, 1.54) is 6.26 Å². The molecular weight excluding hydrogens is 266 g/mol. The predicted octanol–water partition coefficient (Wildman–Crippen LogP) is 0.805. The Morgan fingerprint density at radius 2 is 2.21 bits per heavy atom. The second-order valence-corrected chi connectivity index (χ2v) is 7.05. The van der Waals surface area contributed by atoms with E-state index in [2.05, 4.69) is 14.8 Å². The minimum Gasteiger partial charge on any atom is -0.361 e. The molecule has 0 saturated carbocycles. The van der Waals surface area contributed by atoms with Crippen molar-refractivity contribution in [2.45, 2.75) is 39.3 Å². The lowest BCUT2D eigenvalue weighted by Gasteiger charge is -2.32. The first-order chi connectivity index (χ1) is 8.85. The van der Waals surface area contributed by atoms with Gasteiger partial charge in [-0.2, -0.15) is 0 Å². The second-order valence-electron chi connectivity index (χ2n) is 5.27. The van der Waals surface area contributed by atoms with Gasteiger partial charge in [0.1, 0.15) is 5.76 Å². The van der Waals surface area contributed by atoms with Gasteiger partial charge in [0.15, 0.2) is 0 Å². The summed E-state index contributed by atoms with van der Waals surface area (Å²) in [4.78, 5) is 2.25. The van der Waals surface area contributed by atoms with Crippen LogP contribution in [0.1, 0.15) is 29.9 Å². The van der Waals surface area contributed by atoms with Gasteiger partial charge in [0, 0.05) is 24.7 Å². The summed E-state index contributed by atoms with van der Waals surface area (Å²) in [6, 6.07) is 0.00391. The van der Waals surface area contributed by atoms with Crippen LogP contribution < -0.4 is 4.72 Å². The summed E-state index contributed by atoms with van der Waals surface area (Å²) in [5, 5.41) is 3.95. The van der Waals surface area contributed by atoms with Crippen LogP contribution in [0.5, 0.6) is 0 Å². The molecule has 7 heteroatoms. The molecule has 1 aromatic rings. The van der Waals surface area contributed by atoms with Crippen LogP contribution in [0, 0.1) is 13.8 Å². The summed E-state index contributed by atoms with van der Waals surface area (Å²) in [6.07, 6.45) is 3.10. The molecule has 0 amide bonds. The molecule has 108 valence electrons. The summed E-state index contributed by atoms with van der Waals surface area (Å²) in [7, 11) is -3.13. The molecule has 1 atom stereocenters. The number of rotatable bonds is 4. The van der Waals surface area contributed by atoms with Crippen molar-refractivity contribution in [2.75, 3.05) is 19.3 Å². The third-order valence-corrected chi connectivity index (χ3v) is 4.21. The van der Waals surface area contributed by atoms with E-state index >= 15 is 0 Å². The van der Waals surface area contributed by atoms with Crippen molar-refractivity contribution in [1.29, 1.82) is 0 Å². The first kappa shape index (κ1) is 14.5. The Labute approximate surface area is 114 Å². The van der Waals surface area contributed by atoms with Crippen molar-refractivity contribution in [1.82, 2.24) is 14.8 Å². The molecule has 19 heavy (non-hydrogen) atoms. The van der Waals surface area contributed by atoms with E-state index in [0.29, 0.717) is 0 Å². The molecule has 0 bridgehead atoms. The van der Waals surface area contributed by atoms with Crippen molar-refractivity contribution < 1.29 is 12.9 Å². The first-order valence-electron chi connectivity index (χ1n) is 6.46. The highest BCUT2D eigenvalue weighted by Crippen LogP contribution is 2.18. The number of sulfonamides is 1. The van der Waals surface area contributed by atoms with Crippen LogP contribution in [0.3, 0.4) is 0 Å². The molecule has 1 saturated heterocycles. The largest absolute Gasteiger partial charge is 0.361 e. The molecule has 1 aliphatic heterocycles. The molecule has 2 rings (SSSR count). The smallest absolute Gasteiger partial charge is 0.208 e. The van der Waals surface area contributed by atoms with Crippen molar-refractivity contribution in [3.63, 3.8) is 0 Å². The number of nitrogens with one attached hydrogen (secondary N) is 1. The van der Waals surface area contributed by atoms with E-state index in [1.807, 2.05) is 13.8 Å². The third-order valence-electron chi connectivity index (χ3n) is 3.45. The molecule has 1 aliphatic rings. The summed E-state index contributed by atoms with van der Waals surface area (Å²) in [5.74, 6) is 0.843. The van der Waals surface area contributed by atoms with Crippen molar-refractivity contribution in [3.05, 3.63) is 17.0 Å². The van der Waals surface area contributed by atoms with E-state index < -0.39 is 10.0 Å². The maximum atomic E-state index is 11.3. The monoisotopic (exact) mass is 287 g/mol. The van der Waals surface area contributed by atoms with Crippen molar-refractivity contribution in [3.8, 4) is 0 Å². The van der Waals surface area contributed by atoms with Gasteiger partial charge in [-0.3, -0.25) is 4.90 Å². The summed E-state index contributed by atoms with van der Waals surface area (Å²) >= 11 is 0. The molecular formula is C12H21N3O3S. The lowest BCUT2D eigenvalue weighted by Crippen LogP contribution is -2.47. The van der Waals surface area contributed by atoms with E-state index in [0.717, 1.165) is 49.5 Å². The van der Waals surface area contributed by atoms with Crippen LogP contribution in [-0.2, 0) is 16.6 Å². The molecule has 0 aromatic carbocycles. The Bertz CT molecular complexity index is 519. The minimum atomic E-state index is -3.13. The number of aromatic nitrogens is 1. The zero-order valence-electron chi connectivity index (χ0n) is 11.6. The zero-order valence-corrected chi connectivity index (χ0v) is 12.5. The standard InChI is InChI=1S/C12H21N3O3S/c1-9-12(10(2)18-13-9)8-15-6-4-5-11(7-15)14-19(3,16)17/h11,14H,4-8H2,1-3H3. The molecule has 1 aromatic heterocycles. The molecule has 0 aliphatic carbocycles. The third kappa shape index (κ3) is 4.02. The second kappa shape index (κ2) is 5.60. The first-order valence-corrected chi connectivity index (χ1v) is 8.35. The summed E-state index contributed by atoms with van der Waals surface area (Å²) < 4.78 is 30.4. The summed E-state index contributed by atoms with van der Waals surface area (Å²) in [5.41, 5.74) is 2.02. The van der Waals surface area contributed by atoms with Gasteiger partial charge in [0.05, 0.1) is 11.9 Å². The quantitative estimate of drug-likeness (QED) is 0.886. The number of likely N-dealkylation sites (tertiary alicyclic amines) is 1. The van der Waals surface area contributed by atoms with Crippen molar-refractivity contribution >= 4 is 10.0 Å². The van der Waals surface area contributed by atoms with Crippen molar-refractivity contribution in [2.24, 2.45) is 0 Å². The molecule has 0 spiro atoms. The number of aryl methyl sites for hydroxylation is 2. The Balaban J connectivity index is 1.98. The van der Waals surface area contributed by atoms with Crippen LogP contribution in [0.15, 0.2) is 4.52 Å². The lowest BCUT2D eigenvalue weighted by molar-refractivity contribution is 0.193. The van der Waals surface area contributed by atoms with Crippen LogP contribution in [0.2, 0.25) is 0 Å². The Morgan fingerprint density at radius 1 is 1.47 bits per heavy atom. The Kier molecular flexibility index (Phi) is 4.27. The highest BCUT2D eigenvalue weighted by molar-refractivity contribution is 7.88. The van der Waals surface area contributed by atoms with Crippen LogP contribution in [-0.4, -0.2) is 43.9 Å². The maximum absolute atomic E-state index is 11.3. The fourth-order valence-electron chi connectivity index (χ4n) is 2.55. The van der Waals surface area contributed by atoms with Gasteiger partial charge in [-0.05, 0) is 33.2 Å². The highest BCUT2D eigenvalue weighted by Gasteiger charge is 2.23.